The molecule has 8 nitrogen and oxygen atoms in total. The zero-order chi connectivity index (χ0) is 18.6. The van der Waals surface area contributed by atoms with Crippen molar-refractivity contribution in [2.24, 2.45) is 0 Å². The van der Waals surface area contributed by atoms with E-state index in [4.69, 9.17) is 4.52 Å². The minimum atomic E-state index is -3.83. The molecule has 0 unspecified atom stereocenters. The van der Waals surface area contributed by atoms with Crippen LogP contribution in [0, 0.1) is 13.8 Å². The topological polar surface area (TPSA) is 96.6 Å². The Morgan fingerprint density at radius 3 is 2.40 bits per heavy atom. The van der Waals surface area contributed by atoms with Crippen LogP contribution in [0.15, 0.2) is 33.9 Å². The van der Waals surface area contributed by atoms with Crippen molar-refractivity contribution in [1.29, 1.82) is 0 Å². The summed E-state index contributed by atoms with van der Waals surface area (Å²) in [5, 5.41) is 3.66. The Kier molecular flexibility index (Phi) is 5.91. The Morgan fingerprint density at radius 2 is 1.84 bits per heavy atom. The molecule has 2 aromatic rings. The van der Waals surface area contributed by atoms with E-state index in [0.29, 0.717) is 13.0 Å². The van der Waals surface area contributed by atoms with E-state index in [1.807, 2.05) is 12.1 Å². The van der Waals surface area contributed by atoms with E-state index in [9.17, 15) is 13.2 Å². The molecule has 2 rings (SSSR count). The zero-order valence-corrected chi connectivity index (χ0v) is 15.6. The fourth-order valence-electron chi connectivity index (χ4n) is 2.37. The lowest BCUT2D eigenvalue weighted by Crippen LogP contribution is -2.40. The van der Waals surface area contributed by atoms with Crippen molar-refractivity contribution >= 4 is 15.9 Å². The first kappa shape index (κ1) is 19.1. The fraction of sp³-hybridized carbons (Fsp3) is 0.438. The van der Waals surface area contributed by atoms with Crippen molar-refractivity contribution in [1.82, 2.24) is 19.3 Å². The molecule has 0 spiro atoms. The van der Waals surface area contributed by atoms with Crippen LogP contribution in [0.2, 0.25) is 0 Å². The number of likely N-dealkylation sites (N-methyl/N-ethyl adjacent to an activating group) is 2. The van der Waals surface area contributed by atoms with Gasteiger partial charge in [0.15, 0.2) is 5.76 Å². The zero-order valence-electron chi connectivity index (χ0n) is 14.8. The highest BCUT2D eigenvalue weighted by Gasteiger charge is 2.30. The van der Waals surface area contributed by atoms with E-state index in [1.165, 1.54) is 18.9 Å². The van der Waals surface area contributed by atoms with Crippen molar-refractivity contribution in [2.75, 3.05) is 27.2 Å². The molecule has 0 aliphatic rings. The molecule has 136 valence electrons. The largest absolute Gasteiger partial charge is 0.360 e. The number of amides is 1. The van der Waals surface area contributed by atoms with Crippen molar-refractivity contribution in [3.05, 3.63) is 41.5 Å². The molecule has 0 radical (unpaired) electrons. The molecule has 0 aliphatic heterocycles. The van der Waals surface area contributed by atoms with E-state index >= 15 is 0 Å². The number of rotatable bonds is 7. The summed E-state index contributed by atoms with van der Waals surface area (Å²) < 4.78 is 31.2. The fourth-order valence-corrected chi connectivity index (χ4v) is 3.77. The van der Waals surface area contributed by atoms with E-state index < -0.39 is 10.0 Å². The highest BCUT2D eigenvalue weighted by molar-refractivity contribution is 7.89. The number of aromatic nitrogens is 2. The van der Waals surface area contributed by atoms with E-state index in [0.717, 1.165) is 9.87 Å². The Morgan fingerprint density at radius 1 is 1.20 bits per heavy atom. The molecule has 0 N–H and O–H groups in total. The van der Waals surface area contributed by atoms with E-state index in [2.05, 4.69) is 10.1 Å². The normalized spacial score (nSPS) is 11.7. The van der Waals surface area contributed by atoms with Gasteiger partial charge in [-0.2, -0.15) is 4.31 Å². The third-order valence-electron chi connectivity index (χ3n) is 3.91. The average molecular weight is 366 g/mol. The van der Waals surface area contributed by atoms with Gasteiger partial charge in [-0.1, -0.05) is 5.16 Å². The van der Waals surface area contributed by atoms with Crippen LogP contribution in [0.25, 0.3) is 0 Å². The highest BCUT2D eigenvalue weighted by Crippen LogP contribution is 2.22. The second-order valence-electron chi connectivity index (χ2n) is 5.84. The lowest BCUT2D eigenvalue weighted by molar-refractivity contribution is -0.129. The van der Waals surface area contributed by atoms with Gasteiger partial charge in [0, 0.05) is 33.0 Å². The Labute approximate surface area is 147 Å². The van der Waals surface area contributed by atoms with Gasteiger partial charge in [0.05, 0.1) is 6.54 Å². The molecule has 0 saturated carbocycles. The molecule has 2 heterocycles. The molecule has 25 heavy (non-hydrogen) atoms. The molecule has 1 amide bonds. The molecule has 9 heteroatoms. The number of aryl methyl sites for hydroxylation is 2. The molecular weight excluding hydrogens is 344 g/mol. The summed E-state index contributed by atoms with van der Waals surface area (Å²) in [6.45, 7) is 3.32. The van der Waals surface area contributed by atoms with Gasteiger partial charge in [0.2, 0.25) is 15.9 Å². The smallest absolute Gasteiger partial charge is 0.248 e. The van der Waals surface area contributed by atoms with Gasteiger partial charge >= 0.3 is 0 Å². The Bertz CT molecular complexity index is 814. The lowest BCUT2D eigenvalue weighted by atomic mass is 10.2. The van der Waals surface area contributed by atoms with Crippen LogP contribution in [-0.4, -0.2) is 60.9 Å². The van der Waals surface area contributed by atoms with E-state index in [1.54, 1.807) is 26.4 Å². The molecule has 0 aromatic carbocycles. The predicted octanol–water partition coefficient (Wildman–Crippen LogP) is 1.01. The first-order chi connectivity index (χ1) is 11.7. The number of carbonyl (C=O) groups excluding carboxylic acids is 1. The first-order valence-corrected chi connectivity index (χ1v) is 9.19. The molecule has 0 fully saturated rings. The standard InChI is InChI=1S/C16H22N4O4S/c1-12-16(13(2)24-18-12)25(22,23)20(4)11-15(21)19(3)10-7-14-5-8-17-9-6-14/h5-6,8-9H,7,10-11H2,1-4H3. The minimum absolute atomic E-state index is 0.0160. The van der Waals surface area contributed by atoms with Crippen molar-refractivity contribution in [2.45, 2.75) is 25.2 Å². The Balaban J connectivity index is 1.99. The summed E-state index contributed by atoms with van der Waals surface area (Å²) >= 11 is 0. The molecular formula is C16H22N4O4S. The summed E-state index contributed by atoms with van der Waals surface area (Å²) in [7, 11) is -0.808. The van der Waals surface area contributed by atoms with Crippen LogP contribution >= 0.6 is 0 Å². The van der Waals surface area contributed by atoms with Gasteiger partial charge in [0.25, 0.3) is 0 Å². The first-order valence-electron chi connectivity index (χ1n) is 7.75. The van der Waals surface area contributed by atoms with Gasteiger partial charge in [-0.15, -0.1) is 0 Å². The van der Waals surface area contributed by atoms with E-state index in [-0.39, 0.29) is 28.8 Å². The summed E-state index contributed by atoms with van der Waals surface area (Å²) in [4.78, 5) is 17.8. The highest BCUT2D eigenvalue weighted by atomic mass is 32.2. The third kappa shape index (κ3) is 4.43. The SMILES string of the molecule is Cc1noc(C)c1S(=O)(=O)N(C)CC(=O)N(C)CCc1ccncc1. The third-order valence-corrected chi connectivity index (χ3v) is 5.95. The number of pyridine rings is 1. The van der Waals surface area contributed by atoms with Crippen LogP contribution in [0.4, 0.5) is 0 Å². The second kappa shape index (κ2) is 7.75. The van der Waals surface area contributed by atoms with Gasteiger partial charge in [-0.3, -0.25) is 9.78 Å². The second-order valence-corrected chi connectivity index (χ2v) is 7.82. The maximum absolute atomic E-state index is 12.6. The van der Waals surface area contributed by atoms with Crippen LogP contribution < -0.4 is 0 Å². The maximum Gasteiger partial charge on any atom is 0.248 e. The summed E-state index contributed by atoms with van der Waals surface area (Å²) in [6, 6.07) is 3.76. The van der Waals surface area contributed by atoms with Crippen molar-refractivity contribution < 1.29 is 17.7 Å². The van der Waals surface area contributed by atoms with Gasteiger partial charge in [-0.25, -0.2) is 8.42 Å². The number of hydrogen-bond acceptors (Lipinski definition) is 6. The molecule has 0 saturated heterocycles. The number of hydrogen-bond donors (Lipinski definition) is 0. The van der Waals surface area contributed by atoms with Gasteiger partial charge < -0.3 is 9.42 Å². The summed E-state index contributed by atoms with van der Waals surface area (Å²) in [5.74, 6) is -0.0743. The van der Waals surface area contributed by atoms with Crippen LogP contribution in [0.3, 0.4) is 0 Å². The van der Waals surface area contributed by atoms with Gasteiger partial charge in [0.1, 0.15) is 10.6 Å². The summed E-state index contributed by atoms with van der Waals surface area (Å²) in [6.07, 6.45) is 4.06. The monoisotopic (exact) mass is 366 g/mol. The van der Waals surface area contributed by atoms with Crippen molar-refractivity contribution in [3.63, 3.8) is 0 Å². The molecule has 0 aliphatic carbocycles. The maximum atomic E-state index is 12.6. The molecule has 0 atom stereocenters. The number of carbonyl (C=O) groups is 1. The minimum Gasteiger partial charge on any atom is -0.360 e. The number of nitrogens with zero attached hydrogens (tertiary/aromatic N) is 4. The quantitative estimate of drug-likeness (QED) is 0.725. The number of sulfonamides is 1. The van der Waals surface area contributed by atoms with Crippen LogP contribution in [0.1, 0.15) is 17.0 Å². The molecule has 2 aromatic heterocycles. The average Bonchev–Trinajstić information content (AvgIpc) is 2.92. The lowest BCUT2D eigenvalue weighted by Gasteiger charge is -2.21. The molecule has 0 bridgehead atoms. The van der Waals surface area contributed by atoms with Crippen LogP contribution in [-0.2, 0) is 21.2 Å². The van der Waals surface area contributed by atoms with Crippen molar-refractivity contribution in [3.8, 4) is 0 Å². The van der Waals surface area contributed by atoms with Gasteiger partial charge in [-0.05, 0) is 38.0 Å². The summed E-state index contributed by atoms with van der Waals surface area (Å²) in [5.41, 5.74) is 1.34. The Hall–Kier alpha value is -2.26. The van der Waals surface area contributed by atoms with Crippen LogP contribution in [0.5, 0.6) is 0 Å². The predicted molar refractivity (Wildman–Crippen MR) is 91.4 cm³/mol.